The third kappa shape index (κ3) is 3.38. The van der Waals surface area contributed by atoms with Gasteiger partial charge in [0, 0.05) is 16.0 Å². The lowest BCUT2D eigenvalue weighted by molar-refractivity contribution is -0.137. The molecule has 0 unspecified atom stereocenters. The topological polar surface area (TPSA) is 52.3 Å². The fourth-order valence-corrected chi connectivity index (χ4v) is 3.92. The van der Waals surface area contributed by atoms with Crippen LogP contribution in [-0.4, -0.2) is 11.0 Å². The third-order valence-electron chi connectivity index (χ3n) is 5.01. The van der Waals surface area contributed by atoms with E-state index in [1.165, 1.54) is 0 Å². The Kier molecular flexibility index (Phi) is 4.52. The molecule has 29 heavy (non-hydrogen) atoms. The highest BCUT2D eigenvalue weighted by molar-refractivity contribution is 9.10. The van der Waals surface area contributed by atoms with E-state index in [-0.39, 0.29) is 18.3 Å². The summed E-state index contributed by atoms with van der Waals surface area (Å²) in [6, 6.07) is 25.2. The summed E-state index contributed by atoms with van der Waals surface area (Å²) in [4.78, 5) is 17.2. The van der Waals surface area contributed by atoms with E-state index in [1.54, 1.807) is 0 Å². The van der Waals surface area contributed by atoms with Crippen LogP contribution in [0.15, 0.2) is 87.8 Å². The molecule has 0 aliphatic carbocycles. The van der Waals surface area contributed by atoms with Crippen LogP contribution in [0, 0.1) is 0 Å². The number of para-hydroxylation sites is 2. The highest BCUT2D eigenvalue weighted by Gasteiger charge is 2.35. The van der Waals surface area contributed by atoms with E-state index in [0.29, 0.717) is 17.2 Å². The Morgan fingerprint density at radius 3 is 2.38 bits per heavy atom. The first-order valence-corrected chi connectivity index (χ1v) is 10.1. The molecule has 2 heterocycles. The van der Waals surface area contributed by atoms with Crippen LogP contribution in [-0.2, 0) is 9.53 Å². The van der Waals surface area contributed by atoms with Crippen molar-refractivity contribution in [2.45, 2.75) is 12.3 Å². The number of carbonyl (C=O) groups excluding carboxylic acids is 1. The first-order valence-electron chi connectivity index (χ1n) is 9.31. The number of rotatable bonds is 3. The maximum atomic E-state index is 12.5. The number of hydrogen-bond donors (Lipinski definition) is 0. The molecule has 0 N–H and O–H groups in total. The van der Waals surface area contributed by atoms with E-state index in [1.807, 2.05) is 78.9 Å². The minimum Gasteiger partial charge on any atom is -0.436 e. The van der Waals surface area contributed by atoms with Gasteiger partial charge < -0.3 is 9.15 Å². The van der Waals surface area contributed by atoms with E-state index < -0.39 is 0 Å². The second kappa shape index (κ2) is 7.33. The van der Waals surface area contributed by atoms with Gasteiger partial charge in [0.05, 0.1) is 12.0 Å². The number of hydrogen-bond acceptors (Lipinski definition) is 4. The number of halogens is 1. The number of allylic oxidation sites excluding steroid dienone is 1. The summed E-state index contributed by atoms with van der Waals surface area (Å²) in [5.41, 5.74) is 4.09. The average Bonchev–Trinajstić information content (AvgIpc) is 3.18. The van der Waals surface area contributed by atoms with Gasteiger partial charge in [0.25, 0.3) is 0 Å². The molecule has 5 heteroatoms. The van der Waals surface area contributed by atoms with Crippen molar-refractivity contribution >= 4 is 44.3 Å². The molecule has 0 saturated heterocycles. The Bertz CT molecular complexity index is 1190. The van der Waals surface area contributed by atoms with Crippen molar-refractivity contribution in [3.8, 4) is 0 Å². The zero-order valence-corrected chi connectivity index (χ0v) is 16.9. The van der Waals surface area contributed by atoms with Crippen LogP contribution < -0.4 is 0 Å². The number of fused-ring (bicyclic) bond motifs is 1. The van der Waals surface area contributed by atoms with Gasteiger partial charge in [-0.1, -0.05) is 70.5 Å². The standard InChI is InChI=1S/C24H16BrNO3/c25-17-12-10-15(11-13-17)18-14-21(27)29-23(16-6-2-1-3-7-16)22(18)24-26-19-8-4-5-9-20(19)28-24/h1-13,18H,14H2/t18-/m1/s1. The highest BCUT2D eigenvalue weighted by atomic mass is 79.9. The van der Waals surface area contributed by atoms with E-state index in [2.05, 4.69) is 15.9 Å². The van der Waals surface area contributed by atoms with Gasteiger partial charge in [-0.3, -0.25) is 4.79 Å². The number of aromatic nitrogens is 1. The molecule has 1 aliphatic heterocycles. The van der Waals surface area contributed by atoms with E-state index in [0.717, 1.165) is 26.7 Å². The minimum atomic E-state index is -0.267. The monoisotopic (exact) mass is 445 g/mol. The quantitative estimate of drug-likeness (QED) is 0.352. The molecule has 1 aliphatic rings. The van der Waals surface area contributed by atoms with Crippen molar-refractivity contribution in [3.63, 3.8) is 0 Å². The number of oxazole rings is 1. The maximum Gasteiger partial charge on any atom is 0.312 e. The van der Waals surface area contributed by atoms with Gasteiger partial charge in [-0.25, -0.2) is 4.98 Å². The van der Waals surface area contributed by atoms with Crippen molar-refractivity contribution in [1.29, 1.82) is 0 Å². The molecule has 0 radical (unpaired) electrons. The highest BCUT2D eigenvalue weighted by Crippen LogP contribution is 2.44. The summed E-state index contributed by atoms with van der Waals surface area (Å²) in [7, 11) is 0. The number of cyclic esters (lactones) is 1. The Hall–Kier alpha value is -3.18. The van der Waals surface area contributed by atoms with Gasteiger partial charge in [-0.2, -0.15) is 0 Å². The molecule has 4 aromatic rings. The molecule has 5 rings (SSSR count). The molecule has 0 amide bonds. The van der Waals surface area contributed by atoms with Gasteiger partial charge in [-0.15, -0.1) is 0 Å². The molecule has 1 atom stereocenters. The van der Waals surface area contributed by atoms with Gasteiger partial charge in [0.2, 0.25) is 5.89 Å². The van der Waals surface area contributed by atoms with Crippen LogP contribution in [0.25, 0.3) is 22.4 Å². The second-order valence-corrected chi connectivity index (χ2v) is 7.79. The lowest BCUT2D eigenvalue weighted by Gasteiger charge is -2.26. The molecule has 0 spiro atoms. The predicted octanol–water partition coefficient (Wildman–Crippen LogP) is 6.19. The van der Waals surface area contributed by atoms with Crippen LogP contribution in [0.3, 0.4) is 0 Å². The van der Waals surface area contributed by atoms with Crippen LogP contribution in [0.5, 0.6) is 0 Å². The smallest absolute Gasteiger partial charge is 0.312 e. The third-order valence-corrected chi connectivity index (χ3v) is 5.54. The van der Waals surface area contributed by atoms with Crippen LogP contribution >= 0.6 is 15.9 Å². The normalized spacial score (nSPS) is 16.9. The SMILES string of the molecule is O=C1C[C@H](c2ccc(Br)cc2)C(c2nc3ccccc3o2)=C(c2ccccc2)O1. The molecule has 3 aromatic carbocycles. The summed E-state index contributed by atoms with van der Waals surface area (Å²) in [5, 5.41) is 0. The van der Waals surface area contributed by atoms with E-state index in [9.17, 15) is 4.79 Å². The Morgan fingerprint density at radius 2 is 1.62 bits per heavy atom. The number of carbonyl (C=O) groups is 1. The van der Waals surface area contributed by atoms with Gasteiger partial charge in [0.15, 0.2) is 5.58 Å². The number of ether oxygens (including phenoxy) is 1. The summed E-state index contributed by atoms with van der Waals surface area (Å²) in [6.45, 7) is 0. The summed E-state index contributed by atoms with van der Waals surface area (Å²) in [6.07, 6.45) is 0.228. The lowest BCUT2D eigenvalue weighted by atomic mass is 9.84. The van der Waals surface area contributed by atoms with Crippen molar-refractivity contribution in [3.05, 3.63) is 100 Å². The van der Waals surface area contributed by atoms with Crippen LogP contribution in [0.2, 0.25) is 0 Å². The molecular formula is C24H16BrNO3. The molecule has 0 saturated carbocycles. The van der Waals surface area contributed by atoms with Gasteiger partial charge in [0.1, 0.15) is 11.3 Å². The zero-order chi connectivity index (χ0) is 19.8. The first-order chi connectivity index (χ1) is 14.2. The van der Waals surface area contributed by atoms with E-state index in [4.69, 9.17) is 14.1 Å². The Labute approximate surface area is 176 Å². The Balaban J connectivity index is 1.76. The first kappa shape index (κ1) is 17.9. The number of esters is 1. The summed E-state index contributed by atoms with van der Waals surface area (Å²) < 4.78 is 12.8. The average molecular weight is 446 g/mol. The van der Waals surface area contributed by atoms with Gasteiger partial charge >= 0.3 is 5.97 Å². The fraction of sp³-hybridized carbons (Fsp3) is 0.0833. The Morgan fingerprint density at radius 1 is 0.897 bits per heavy atom. The van der Waals surface area contributed by atoms with Crippen molar-refractivity contribution in [2.24, 2.45) is 0 Å². The molecular weight excluding hydrogens is 430 g/mol. The fourth-order valence-electron chi connectivity index (χ4n) is 3.65. The van der Waals surface area contributed by atoms with Crippen LogP contribution in [0.4, 0.5) is 0 Å². The minimum absolute atomic E-state index is 0.215. The maximum absolute atomic E-state index is 12.5. The van der Waals surface area contributed by atoms with Crippen molar-refractivity contribution in [1.82, 2.24) is 4.98 Å². The van der Waals surface area contributed by atoms with Crippen LogP contribution in [0.1, 0.15) is 29.4 Å². The van der Waals surface area contributed by atoms with E-state index >= 15 is 0 Å². The molecule has 4 nitrogen and oxygen atoms in total. The second-order valence-electron chi connectivity index (χ2n) is 6.88. The number of nitrogens with zero attached hydrogens (tertiary/aromatic N) is 1. The lowest BCUT2D eigenvalue weighted by Crippen LogP contribution is -2.19. The predicted molar refractivity (Wildman–Crippen MR) is 115 cm³/mol. The van der Waals surface area contributed by atoms with Crippen molar-refractivity contribution in [2.75, 3.05) is 0 Å². The zero-order valence-electron chi connectivity index (χ0n) is 15.3. The molecule has 0 fully saturated rings. The number of benzene rings is 3. The molecule has 0 bridgehead atoms. The molecule has 142 valence electrons. The summed E-state index contributed by atoms with van der Waals surface area (Å²) >= 11 is 3.48. The van der Waals surface area contributed by atoms with Gasteiger partial charge in [-0.05, 0) is 29.8 Å². The molecule has 1 aromatic heterocycles. The van der Waals surface area contributed by atoms with Crippen molar-refractivity contribution < 1.29 is 13.9 Å². The summed E-state index contributed by atoms with van der Waals surface area (Å²) in [5.74, 6) is 0.496. The largest absolute Gasteiger partial charge is 0.436 e.